The molecule has 1 nitrogen and oxygen atoms in total. The molecule has 1 heterocycles. The van der Waals surface area contributed by atoms with Crippen LogP contribution in [0.4, 0.5) is 0 Å². The number of nitrogens with two attached hydrogens (primary N) is 1. The van der Waals surface area contributed by atoms with Gasteiger partial charge in [-0.25, -0.2) is 0 Å². The molecule has 0 fully saturated rings. The monoisotopic (exact) mass is 331 g/mol. The van der Waals surface area contributed by atoms with Crippen LogP contribution in [0.5, 0.6) is 0 Å². The molecule has 19 heavy (non-hydrogen) atoms. The van der Waals surface area contributed by atoms with Crippen molar-refractivity contribution in [2.24, 2.45) is 5.73 Å². The first-order chi connectivity index (χ1) is 9.24. The van der Waals surface area contributed by atoms with Crippen molar-refractivity contribution in [1.82, 2.24) is 0 Å². The molecule has 0 aliphatic carbocycles. The third-order valence-electron chi connectivity index (χ3n) is 3.26. The Morgan fingerprint density at radius 1 is 1.11 bits per heavy atom. The summed E-state index contributed by atoms with van der Waals surface area (Å²) in [4.78, 5) is 0. The van der Waals surface area contributed by atoms with Gasteiger partial charge in [-0.05, 0) is 46.5 Å². The fourth-order valence-corrected chi connectivity index (χ4v) is 3.79. The second-order valence-corrected chi connectivity index (χ2v) is 6.45. The van der Waals surface area contributed by atoms with Gasteiger partial charge in [-0.1, -0.05) is 46.3 Å². The number of fused-ring (bicyclic) bond motifs is 1. The van der Waals surface area contributed by atoms with Crippen LogP contribution < -0.4 is 5.73 Å². The summed E-state index contributed by atoms with van der Waals surface area (Å²) in [6, 6.07) is 16.8. The smallest absolute Gasteiger partial charge is 0.0350 e. The van der Waals surface area contributed by atoms with Gasteiger partial charge in [0.2, 0.25) is 0 Å². The number of benzene rings is 2. The molecule has 2 aromatic carbocycles. The Kier molecular flexibility index (Phi) is 3.69. The van der Waals surface area contributed by atoms with Crippen LogP contribution >= 0.6 is 27.3 Å². The quantitative estimate of drug-likeness (QED) is 0.725. The van der Waals surface area contributed by atoms with Crippen molar-refractivity contribution in [1.29, 1.82) is 0 Å². The van der Waals surface area contributed by atoms with Gasteiger partial charge in [0, 0.05) is 15.2 Å². The zero-order chi connectivity index (χ0) is 13.2. The molecule has 3 rings (SSSR count). The van der Waals surface area contributed by atoms with Crippen molar-refractivity contribution in [2.45, 2.75) is 12.5 Å². The van der Waals surface area contributed by atoms with Crippen LogP contribution in [-0.4, -0.2) is 0 Å². The number of hydrogen-bond donors (Lipinski definition) is 1. The van der Waals surface area contributed by atoms with Crippen molar-refractivity contribution in [3.8, 4) is 0 Å². The van der Waals surface area contributed by atoms with Gasteiger partial charge in [0.1, 0.15) is 0 Å². The summed E-state index contributed by atoms with van der Waals surface area (Å²) in [5.74, 6) is 0. The minimum Gasteiger partial charge on any atom is -0.324 e. The topological polar surface area (TPSA) is 26.0 Å². The second kappa shape index (κ2) is 5.45. The van der Waals surface area contributed by atoms with E-state index in [-0.39, 0.29) is 6.04 Å². The first-order valence-electron chi connectivity index (χ1n) is 6.20. The molecule has 96 valence electrons. The molecule has 2 N–H and O–H groups in total. The number of thiophene rings is 1. The van der Waals surface area contributed by atoms with E-state index >= 15 is 0 Å². The van der Waals surface area contributed by atoms with Crippen LogP contribution in [0, 0.1) is 0 Å². The maximum Gasteiger partial charge on any atom is 0.0350 e. The molecule has 0 aliphatic rings. The van der Waals surface area contributed by atoms with Gasteiger partial charge in [0.05, 0.1) is 0 Å². The molecular weight excluding hydrogens is 318 g/mol. The maximum atomic E-state index is 6.38. The van der Waals surface area contributed by atoms with Gasteiger partial charge >= 0.3 is 0 Å². The van der Waals surface area contributed by atoms with E-state index in [1.807, 2.05) is 6.07 Å². The van der Waals surface area contributed by atoms with Gasteiger partial charge in [0.15, 0.2) is 0 Å². The van der Waals surface area contributed by atoms with Gasteiger partial charge < -0.3 is 5.73 Å². The van der Waals surface area contributed by atoms with Crippen LogP contribution in [-0.2, 0) is 6.42 Å². The predicted molar refractivity (Wildman–Crippen MR) is 86.6 cm³/mol. The molecule has 0 saturated carbocycles. The van der Waals surface area contributed by atoms with Crippen LogP contribution in [0.15, 0.2) is 58.4 Å². The molecule has 3 aromatic rings. The highest BCUT2D eigenvalue weighted by atomic mass is 79.9. The van der Waals surface area contributed by atoms with Crippen molar-refractivity contribution in [3.05, 3.63) is 69.5 Å². The fourth-order valence-electron chi connectivity index (χ4n) is 2.31. The Balaban J connectivity index is 1.90. The van der Waals surface area contributed by atoms with E-state index in [0.29, 0.717) is 0 Å². The number of hydrogen-bond acceptors (Lipinski definition) is 2. The Hall–Kier alpha value is -1.16. The molecule has 0 bridgehead atoms. The lowest BCUT2D eigenvalue weighted by Gasteiger charge is -2.11. The number of halogens is 1. The standard InChI is InChI=1S/C16H14BrNS/c17-12-5-3-4-11(8-12)9-15(18)14-10-19-16-7-2-1-6-13(14)16/h1-8,10,15H,9,18H2. The Labute approximate surface area is 125 Å². The molecule has 0 saturated heterocycles. The van der Waals surface area contributed by atoms with Crippen LogP contribution in [0.2, 0.25) is 0 Å². The lowest BCUT2D eigenvalue weighted by molar-refractivity contribution is 0.730. The highest BCUT2D eigenvalue weighted by Gasteiger charge is 2.12. The third-order valence-corrected chi connectivity index (χ3v) is 4.73. The van der Waals surface area contributed by atoms with E-state index in [4.69, 9.17) is 5.73 Å². The fraction of sp³-hybridized carbons (Fsp3) is 0.125. The molecule has 1 atom stereocenters. The highest BCUT2D eigenvalue weighted by molar-refractivity contribution is 9.10. The summed E-state index contributed by atoms with van der Waals surface area (Å²) in [5, 5.41) is 3.47. The zero-order valence-corrected chi connectivity index (χ0v) is 12.7. The van der Waals surface area contributed by atoms with Crippen molar-refractivity contribution in [3.63, 3.8) is 0 Å². The average Bonchev–Trinajstić information content (AvgIpc) is 2.82. The largest absolute Gasteiger partial charge is 0.324 e. The maximum absolute atomic E-state index is 6.38. The molecule has 0 aliphatic heterocycles. The molecule has 0 radical (unpaired) electrons. The van der Waals surface area contributed by atoms with E-state index < -0.39 is 0 Å². The lowest BCUT2D eigenvalue weighted by atomic mass is 9.99. The molecule has 0 amide bonds. The van der Waals surface area contributed by atoms with Gasteiger partial charge in [0.25, 0.3) is 0 Å². The predicted octanol–water partition coefficient (Wildman–Crippen LogP) is 4.91. The normalized spacial score (nSPS) is 12.7. The summed E-state index contributed by atoms with van der Waals surface area (Å²) in [6.45, 7) is 0. The Morgan fingerprint density at radius 3 is 2.79 bits per heavy atom. The van der Waals surface area contributed by atoms with E-state index in [9.17, 15) is 0 Å². The van der Waals surface area contributed by atoms with Gasteiger partial charge in [-0.2, -0.15) is 0 Å². The summed E-state index contributed by atoms with van der Waals surface area (Å²) < 4.78 is 2.41. The minimum atomic E-state index is 0.0467. The van der Waals surface area contributed by atoms with E-state index in [1.165, 1.54) is 21.2 Å². The summed E-state index contributed by atoms with van der Waals surface area (Å²) in [6.07, 6.45) is 0.861. The van der Waals surface area contributed by atoms with Gasteiger partial charge in [-0.15, -0.1) is 11.3 Å². The van der Waals surface area contributed by atoms with E-state index in [1.54, 1.807) is 11.3 Å². The van der Waals surface area contributed by atoms with E-state index in [0.717, 1.165) is 10.9 Å². The highest BCUT2D eigenvalue weighted by Crippen LogP contribution is 2.30. The van der Waals surface area contributed by atoms with Crippen LogP contribution in [0.1, 0.15) is 17.2 Å². The number of rotatable bonds is 3. The molecule has 3 heteroatoms. The molecule has 1 unspecified atom stereocenters. The van der Waals surface area contributed by atoms with Crippen molar-refractivity contribution >= 4 is 37.4 Å². The van der Waals surface area contributed by atoms with E-state index in [2.05, 4.69) is 63.8 Å². The minimum absolute atomic E-state index is 0.0467. The molecule has 0 spiro atoms. The lowest BCUT2D eigenvalue weighted by Crippen LogP contribution is -2.12. The summed E-state index contributed by atoms with van der Waals surface area (Å²) in [5.41, 5.74) is 8.89. The Bertz CT molecular complexity index is 705. The summed E-state index contributed by atoms with van der Waals surface area (Å²) >= 11 is 5.27. The third kappa shape index (κ3) is 2.73. The van der Waals surface area contributed by atoms with Crippen LogP contribution in [0.25, 0.3) is 10.1 Å². The van der Waals surface area contributed by atoms with Gasteiger partial charge in [-0.3, -0.25) is 0 Å². The first kappa shape index (κ1) is 12.9. The second-order valence-electron chi connectivity index (χ2n) is 4.63. The van der Waals surface area contributed by atoms with Crippen LogP contribution in [0.3, 0.4) is 0 Å². The SMILES string of the molecule is NC(Cc1cccc(Br)c1)c1csc2ccccc12. The Morgan fingerprint density at radius 2 is 1.95 bits per heavy atom. The molecule has 1 aromatic heterocycles. The van der Waals surface area contributed by atoms with Crippen molar-refractivity contribution in [2.75, 3.05) is 0 Å². The summed E-state index contributed by atoms with van der Waals surface area (Å²) in [7, 11) is 0. The zero-order valence-electron chi connectivity index (χ0n) is 10.3. The van der Waals surface area contributed by atoms with Crippen molar-refractivity contribution < 1.29 is 0 Å². The average molecular weight is 332 g/mol. The molecular formula is C16H14BrNS. The first-order valence-corrected chi connectivity index (χ1v) is 7.87.